The highest BCUT2D eigenvalue weighted by molar-refractivity contribution is 5.89. The first-order chi connectivity index (χ1) is 8.25. The van der Waals surface area contributed by atoms with Crippen LogP contribution in [0.2, 0.25) is 0 Å². The van der Waals surface area contributed by atoms with Gasteiger partial charge in [-0.25, -0.2) is 4.39 Å². The number of furan rings is 1. The lowest BCUT2D eigenvalue weighted by atomic mass is 9.99. The molecule has 3 rings (SSSR count). The molecule has 2 aromatic rings. The first kappa shape index (κ1) is 10.6. The molecule has 0 N–H and O–H groups in total. The highest BCUT2D eigenvalue weighted by atomic mass is 19.1. The van der Waals surface area contributed by atoms with Crippen LogP contribution in [-0.4, -0.2) is 13.1 Å². The molecule has 0 radical (unpaired) electrons. The molecule has 1 aromatic heterocycles. The molecule has 1 aliphatic rings. The summed E-state index contributed by atoms with van der Waals surface area (Å²) in [5.74, 6) is 0.440. The Morgan fingerprint density at radius 3 is 3.06 bits per heavy atom. The molecule has 0 bridgehead atoms. The molecule has 0 saturated carbocycles. The molecule has 1 fully saturated rings. The quantitative estimate of drug-likeness (QED) is 0.744. The Hall–Kier alpha value is -1.51. The molecule has 0 aliphatic carbocycles. The van der Waals surface area contributed by atoms with Gasteiger partial charge in [0.05, 0.1) is 6.26 Å². The van der Waals surface area contributed by atoms with E-state index in [2.05, 4.69) is 11.8 Å². The van der Waals surface area contributed by atoms with Gasteiger partial charge in [0.1, 0.15) is 11.5 Å². The highest BCUT2D eigenvalue weighted by Gasteiger charge is 2.22. The lowest BCUT2D eigenvalue weighted by Crippen LogP contribution is -2.34. The summed E-state index contributed by atoms with van der Waals surface area (Å²) in [4.78, 5) is 2.12. The standard InChI is InChI=1S/C14H16FNO/c1-10-3-2-7-16(9-10)13-12(15)5-4-11-6-8-17-14(11)13/h4-6,8,10H,2-3,7,9H2,1H3. The third kappa shape index (κ3) is 1.79. The summed E-state index contributed by atoms with van der Waals surface area (Å²) in [5, 5.41) is 0.972. The van der Waals surface area contributed by atoms with Crippen LogP contribution in [-0.2, 0) is 0 Å². The van der Waals surface area contributed by atoms with Crippen LogP contribution in [0, 0.1) is 11.7 Å². The van der Waals surface area contributed by atoms with Crippen LogP contribution in [0.15, 0.2) is 28.9 Å². The monoisotopic (exact) mass is 233 g/mol. The number of fused-ring (bicyclic) bond motifs is 1. The fourth-order valence-electron chi connectivity index (χ4n) is 2.68. The van der Waals surface area contributed by atoms with E-state index in [0.29, 0.717) is 17.2 Å². The number of rotatable bonds is 1. The van der Waals surface area contributed by atoms with Crippen molar-refractivity contribution >= 4 is 16.7 Å². The molecular weight excluding hydrogens is 217 g/mol. The van der Waals surface area contributed by atoms with Crippen LogP contribution in [0.3, 0.4) is 0 Å². The second kappa shape index (κ2) is 4.06. The minimum Gasteiger partial charge on any atom is -0.462 e. The number of hydrogen-bond donors (Lipinski definition) is 0. The van der Waals surface area contributed by atoms with E-state index in [9.17, 15) is 4.39 Å². The van der Waals surface area contributed by atoms with Crippen molar-refractivity contribution in [2.75, 3.05) is 18.0 Å². The van der Waals surface area contributed by atoms with Crippen LogP contribution in [0.1, 0.15) is 19.8 Å². The Morgan fingerprint density at radius 2 is 2.24 bits per heavy atom. The maximum absolute atomic E-state index is 14.0. The van der Waals surface area contributed by atoms with Crippen LogP contribution in [0.25, 0.3) is 11.0 Å². The smallest absolute Gasteiger partial charge is 0.160 e. The molecule has 1 aromatic carbocycles. The van der Waals surface area contributed by atoms with Gasteiger partial charge in [0.2, 0.25) is 0 Å². The van der Waals surface area contributed by atoms with E-state index in [4.69, 9.17) is 4.42 Å². The van der Waals surface area contributed by atoms with Crippen molar-refractivity contribution in [3.8, 4) is 0 Å². The topological polar surface area (TPSA) is 16.4 Å². The molecule has 1 aliphatic heterocycles. The maximum atomic E-state index is 14.0. The second-order valence-electron chi connectivity index (χ2n) is 4.93. The summed E-state index contributed by atoms with van der Waals surface area (Å²) in [7, 11) is 0. The van der Waals surface area contributed by atoms with Crippen molar-refractivity contribution in [3.05, 3.63) is 30.3 Å². The van der Waals surface area contributed by atoms with Gasteiger partial charge in [-0.3, -0.25) is 0 Å². The number of nitrogens with zero attached hydrogens (tertiary/aromatic N) is 1. The predicted molar refractivity (Wildman–Crippen MR) is 66.8 cm³/mol. The zero-order valence-corrected chi connectivity index (χ0v) is 9.95. The molecule has 2 heterocycles. The second-order valence-corrected chi connectivity index (χ2v) is 4.93. The van der Waals surface area contributed by atoms with E-state index < -0.39 is 0 Å². The predicted octanol–water partition coefficient (Wildman–Crippen LogP) is 3.81. The van der Waals surface area contributed by atoms with Crippen LogP contribution >= 0.6 is 0 Å². The summed E-state index contributed by atoms with van der Waals surface area (Å²) in [6, 6.07) is 5.18. The Bertz CT molecular complexity index is 534. The van der Waals surface area contributed by atoms with Gasteiger partial charge in [0.25, 0.3) is 0 Å². The zero-order valence-electron chi connectivity index (χ0n) is 9.95. The van der Waals surface area contributed by atoms with Crippen LogP contribution < -0.4 is 4.90 Å². The fraction of sp³-hybridized carbons (Fsp3) is 0.429. The average Bonchev–Trinajstić information content (AvgIpc) is 2.76. The minimum atomic E-state index is -0.179. The van der Waals surface area contributed by atoms with Crippen molar-refractivity contribution in [3.63, 3.8) is 0 Å². The minimum absolute atomic E-state index is 0.179. The van der Waals surface area contributed by atoms with Crippen molar-refractivity contribution in [1.29, 1.82) is 0 Å². The normalized spacial score (nSPS) is 21.1. The van der Waals surface area contributed by atoms with Crippen molar-refractivity contribution < 1.29 is 8.81 Å². The van der Waals surface area contributed by atoms with E-state index in [1.165, 1.54) is 12.5 Å². The van der Waals surface area contributed by atoms with Gasteiger partial charge in [-0.05, 0) is 37.0 Å². The van der Waals surface area contributed by atoms with Crippen LogP contribution in [0.5, 0.6) is 0 Å². The van der Waals surface area contributed by atoms with Crippen molar-refractivity contribution in [2.45, 2.75) is 19.8 Å². The Morgan fingerprint density at radius 1 is 1.35 bits per heavy atom. The highest BCUT2D eigenvalue weighted by Crippen LogP contribution is 2.33. The first-order valence-electron chi connectivity index (χ1n) is 6.16. The molecule has 90 valence electrons. The lowest BCUT2D eigenvalue weighted by Gasteiger charge is -2.32. The van der Waals surface area contributed by atoms with E-state index in [1.54, 1.807) is 12.3 Å². The third-order valence-electron chi connectivity index (χ3n) is 3.52. The SMILES string of the molecule is CC1CCCN(c2c(F)ccc3ccoc23)C1. The summed E-state index contributed by atoms with van der Waals surface area (Å²) < 4.78 is 19.4. The van der Waals surface area contributed by atoms with Crippen molar-refractivity contribution in [1.82, 2.24) is 0 Å². The number of benzene rings is 1. The molecule has 1 saturated heterocycles. The Kier molecular flexibility index (Phi) is 2.54. The van der Waals surface area contributed by atoms with E-state index in [0.717, 1.165) is 24.9 Å². The summed E-state index contributed by atoms with van der Waals surface area (Å²) in [6.07, 6.45) is 3.98. The molecule has 0 amide bonds. The van der Waals surface area contributed by atoms with Gasteiger partial charge in [-0.2, -0.15) is 0 Å². The summed E-state index contributed by atoms with van der Waals surface area (Å²) in [5.41, 5.74) is 1.32. The molecule has 17 heavy (non-hydrogen) atoms. The molecule has 1 atom stereocenters. The molecule has 0 spiro atoms. The molecule has 1 unspecified atom stereocenters. The van der Waals surface area contributed by atoms with E-state index in [1.807, 2.05) is 6.07 Å². The average molecular weight is 233 g/mol. The third-order valence-corrected chi connectivity index (χ3v) is 3.52. The van der Waals surface area contributed by atoms with Crippen molar-refractivity contribution in [2.24, 2.45) is 5.92 Å². The first-order valence-corrected chi connectivity index (χ1v) is 6.16. The van der Waals surface area contributed by atoms with Crippen LogP contribution in [0.4, 0.5) is 10.1 Å². The van der Waals surface area contributed by atoms with Gasteiger partial charge in [0.15, 0.2) is 5.58 Å². The molecule has 2 nitrogen and oxygen atoms in total. The van der Waals surface area contributed by atoms with Gasteiger partial charge in [-0.15, -0.1) is 0 Å². The maximum Gasteiger partial charge on any atom is 0.160 e. The molecule has 3 heteroatoms. The largest absolute Gasteiger partial charge is 0.462 e. The number of hydrogen-bond acceptors (Lipinski definition) is 2. The van der Waals surface area contributed by atoms with Gasteiger partial charge >= 0.3 is 0 Å². The van der Waals surface area contributed by atoms with Gasteiger partial charge < -0.3 is 9.32 Å². The zero-order chi connectivity index (χ0) is 11.8. The lowest BCUT2D eigenvalue weighted by molar-refractivity contribution is 0.441. The number of piperidine rings is 1. The van der Waals surface area contributed by atoms with E-state index >= 15 is 0 Å². The Balaban J connectivity index is 2.08. The van der Waals surface area contributed by atoms with E-state index in [-0.39, 0.29) is 5.82 Å². The van der Waals surface area contributed by atoms with Gasteiger partial charge in [0, 0.05) is 18.5 Å². The molecular formula is C14H16FNO. The fourth-order valence-corrected chi connectivity index (χ4v) is 2.68. The summed E-state index contributed by atoms with van der Waals surface area (Å²) in [6.45, 7) is 4.05. The number of halogens is 1. The number of anilines is 1. The Labute approximate surface area is 100 Å². The van der Waals surface area contributed by atoms with Gasteiger partial charge in [-0.1, -0.05) is 6.92 Å². The summed E-state index contributed by atoms with van der Waals surface area (Å²) >= 11 is 0.